The summed E-state index contributed by atoms with van der Waals surface area (Å²) in [7, 11) is 0. The second kappa shape index (κ2) is 4.59. The fraction of sp³-hybridized carbons (Fsp3) is 0. The van der Waals surface area contributed by atoms with E-state index in [9.17, 15) is 0 Å². The quantitative estimate of drug-likeness (QED) is 0.784. The van der Waals surface area contributed by atoms with Gasteiger partial charge in [-0.3, -0.25) is 0 Å². The van der Waals surface area contributed by atoms with Gasteiger partial charge in [0.15, 0.2) is 5.16 Å². The maximum atomic E-state index is 8.69. The maximum Gasteiger partial charge on any atom is 0.195 e. The van der Waals surface area contributed by atoms with Gasteiger partial charge in [0.25, 0.3) is 0 Å². The number of hydrogen-bond donors (Lipinski definition) is 1. The molecule has 2 heterocycles. The fourth-order valence-corrected chi connectivity index (χ4v) is 1.76. The van der Waals surface area contributed by atoms with Crippen LogP contribution in [-0.2, 0) is 0 Å². The van der Waals surface area contributed by atoms with Gasteiger partial charge in [-0.2, -0.15) is 5.26 Å². The van der Waals surface area contributed by atoms with Crippen molar-refractivity contribution in [3.63, 3.8) is 0 Å². The Bertz CT molecular complexity index is 549. The molecule has 0 fully saturated rings. The summed E-state index contributed by atoms with van der Waals surface area (Å²) in [4.78, 5) is 12.2. The summed E-state index contributed by atoms with van der Waals surface area (Å²) in [6.07, 6.45) is 3.18. The van der Waals surface area contributed by atoms with Crippen LogP contribution in [0.3, 0.4) is 0 Å². The molecule has 2 N–H and O–H groups in total. The van der Waals surface area contributed by atoms with Crippen LogP contribution in [0.15, 0.2) is 40.8 Å². The average Bonchev–Trinajstić information content (AvgIpc) is 2.32. The van der Waals surface area contributed by atoms with E-state index in [1.807, 2.05) is 6.07 Å². The molecule has 0 aliphatic carbocycles. The van der Waals surface area contributed by atoms with E-state index >= 15 is 0 Å². The first-order valence-electron chi connectivity index (χ1n) is 4.41. The molecule has 0 saturated heterocycles. The van der Waals surface area contributed by atoms with Crippen molar-refractivity contribution in [2.75, 3.05) is 5.73 Å². The number of nitrogen functional groups attached to an aromatic ring is 1. The van der Waals surface area contributed by atoms with Crippen LogP contribution < -0.4 is 5.73 Å². The fourth-order valence-electron chi connectivity index (χ4n) is 1.03. The summed E-state index contributed by atoms with van der Waals surface area (Å²) < 4.78 is 0. The van der Waals surface area contributed by atoms with Crippen molar-refractivity contribution < 1.29 is 0 Å². The molecule has 0 radical (unpaired) electrons. The summed E-state index contributed by atoms with van der Waals surface area (Å²) in [5.41, 5.74) is 6.63. The van der Waals surface area contributed by atoms with Gasteiger partial charge in [0.1, 0.15) is 16.8 Å². The Morgan fingerprint density at radius 3 is 2.88 bits per heavy atom. The molecule has 78 valence electrons. The van der Waals surface area contributed by atoms with Crippen molar-refractivity contribution in [1.29, 1.82) is 5.26 Å². The van der Waals surface area contributed by atoms with Gasteiger partial charge in [-0.15, -0.1) is 0 Å². The zero-order valence-electron chi connectivity index (χ0n) is 8.16. The summed E-state index contributed by atoms with van der Waals surface area (Å²) in [6.45, 7) is 0. The molecule has 0 spiro atoms. The Kier molecular flexibility index (Phi) is 2.98. The third-order valence-electron chi connectivity index (χ3n) is 1.74. The Hall–Kier alpha value is -2.13. The van der Waals surface area contributed by atoms with Crippen molar-refractivity contribution in [3.8, 4) is 6.07 Å². The highest BCUT2D eigenvalue weighted by Crippen LogP contribution is 2.26. The van der Waals surface area contributed by atoms with Crippen LogP contribution in [0.1, 0.15) is 5.69 Å². The van der Waals surface area contributed by atoms with Crippen LogP contribution in [0.5, 0.6) is 0 Å². The number of anilines is 1. The molecule has 0 unspecified atom stereocenters. The highest BCUT2D eigenvalue weighted by molar-refractivity contribution is 7.99. The van der Waals surface area contributed by atoms with Gasteiger partial charge >= 0.3 is 0 Å². The minimum absolute atomic E-state index is 0.326. The Morgan fingerprint density at radius 2 is 2.12 bits per heavy atom. The van der Waals surface area contributed by atoms with Gasteiger partial charge in [0.05, 0.1) is 5.69 Å². The van der Waals surface area contributed by atoms with Gasteiger partial charge in [-0.25, -0.2) is 15.0 Å². The number of pyridine rings is 1. The minimum Gasteiger partial charge on any atom is -0.397 e. The van der Waals surface area contributed by atoms with Crippen molar-refractivity contribution in [3.05, 3.63) is 36.3 Å². The molecule has 0 aliphatic rings. The summed E-state index contributed by atoms with van der Waals surface area (Å²) in [6, 6.07) is 7.01. The zero-order chi connectivity index (χ0) is 11.4. The molecule has 16 heavy (non-hydrogen) atoms. The maximum absolute atomic E-state index is 8.69. The number of aromatic nitrogens is 3. The number of rotatable bonds is 2. The molecule has 0 atom stereocenters. The lowest BCUT2D eigenvalue weighted by Crippen LogP contribution is -1.93. The van der Waals surface area contributed by atoms with Crippen LogP contribution in [0.25, 0.3) is 0 Å². The summed E-state index contributed by atoms with van der Waals surface area (Å²) in [5, 5.41) is 9.79. The third kappa shape index (κ3) is 2.27. The zero-order valence-corrected chi connectivity index (χ0v) is 8.98. The molecule has 0 aliphatic heterocycles. The Labute approximate surface area is 96.4 Å². The lowest BCUT2D eigenvalue weighted by molar-refractivity contribution is 0.947. The average molecular weight is 229 g/mol. The van der Waals surface area contributed by atoms with Crippen LogP contribution in [0, 0.1) is 11.3 Å². The monoisotopic (exact) mass is 229 g/mol. The van der Waals surface area contributed by atoms with Crippen LogP contribution in [0.4, 0.5) is 5.69 Å². The summed E-state index contributed by atoms with van der Waals surface area (Å²) >= 11 is 1.23. The lowest BCUT2D eigenvalue weighted by Gasteiger charge is -2.01. The second-order valence-electron chi connectivity index (χ2n) is 2.84. The first-order chi connectivity index (χ1) is 7.79. The van der Waals surface area contributed by atoms with Crippen LogP contribution in [0.2, 0.25) is 0 Å². The minimum atomic E-state index is 0.326. The molecule has 2 aromatic rings. The normalized spacial score (nSPS) is 9.69. The molecule has 0 amide bonds. The van der Waals surface area contributed by atoms with E-state index in [0.717, 1.165) is 0 Å². The first kappa shape index (κ1) is 10.4. The van der Waals surface area contributed by atoms with E-state index in [0.29, 0.717) is 21.6 Å². The predicted octanol–water partition coefficient (Wildman–Crippen LogP) is 1.48. The van der Waals surface area contributed by atoms with Gasteiger partial charge in [-0.1, -0.05) is 0 Å². The first-order valence-corrected chi connectivity index (χ1v) is 5.23. The Balaban J connectivity index is 2.28. The van der Waals surface area contributed by atoms with Crippen molar-refractivity contribution >= 4 is 17.4 Å². The SMILES string of the molecule is N#Cc1ccnc(Sc2ncccc2N)n1. The number of nitrogens with two attached hydrogens (primary N) is 1. The molecule has 0 saturated carbocycles. The van der Waals surface area contributed by atoms with Gasteiger partial charge < -0.3 is 5.73 Å². The highest BCUT2D eigenvalue weighted by Gasteiger charge is 2.05. The smallest absolute Gasteiger partial charge is 0.195 e. The van der Waals surface area contributed by atoms with E-state index < -0.39 is 0 Å². The van der Waals surface area contributed by atoms with Gasteiger partial charge in [0.2, 0.25) is 0 Å². The van der Waals surface area contributed by atoms with Crippen molar-refractivity contribution in [2.45, 2.75) is 10.2 Å². The molecule has 0 bridgehead atoms. The molecule has 0 aromatic carbocycles. The van der Waals surface area contributed by atoms with E-state index in [1.54, 1.807) is 24.4 Å². The van der Waals surface area contributed by atoms with Crippen LogP contribution in [-0.4, -0.2) is 15.0 Å². The number of nitriles is 1. The van der Waals surface area contributed by atoms with Crippen molar-refractivity contribution in [1.82, 2.24) is 15.0 Å². The molecule has 5 nitrogen and oxygen atoms in total. The number of hydrogen-bond acceptors (Lipinski definition) is 6. The van der Waals surface area contributed by atoms with E-state index in [4.69, 9.17) is 11.0 Å². The highest BCUT2D eigenvalue weighted by atomic mass is 32.2. The molecule has 2 aromatic heterocycles. The molecular formula is C10H7N5S. The Morgan fingerprint density at radius 1 is 1.25 bits per heavy atom. The topological polar surface area (TPSA) is 88.5 Å². The molecule has 2 rings (SSSR count). The third-order valence-corrected chi connectivity index (χ3v) is 2.65. The molecule has 6 heteroatoms. The predicted molar refractivity (Wildman–Crippen MR) is 59.5 cm³/mol. The van der Waals surface area contributed by atoms with E-state index in [-0.39, 0.29) is 0 Å². The van der Waals surface area contributed by atoms with E-state index in [1.165, 1.54) is 18.0 Å². The van der Waals surface area contributed by atoms with E-state index in [2.05, 4.69) is 15.0 Å². The summed E-state index contributed by atoms with van der Waals surface area (Å²) in [5.74, 6) is 0. The standard InChI is InChI=1S/C10H7N5S/c11-6-7-3-5-14-10(15-7)16-9-8(12)2-1-4-13-9/h1-5H,12H2. The lowest BCUT2D eigenvalue weighted by atomic mass is 10.4. The largest absolute Gasteiger partial charge is 0.397 e. The second-order valence-corrected chi connectivity index (χ2v) is 3.79. The van der Waals surface area contributed by atoms with Crippen LogP contribution >= 0.6 is 11.8 Å². The van der Waals surface area contributed by atoms with Crippen molar-refractivity contribution in [2.24, 2.45) is 0 Å². The molecular weight excluding hydrogens is 222 g/mol. The number of nitrogens with zero attached hydrogens (tertiary/aromatic N) is 4. The van der Waals surface area contributed by atoms with Gasteiger partial charge in [0, 0.05) is 12.4 Å². The van der Waals surface area contributed by atoms with Gasteiger partial charge in [-0.05, 0) is 30.0 Å².